The highest BCUT2D eigenvalue weighted by Gasteiger charge is 2.46. The Morgan fingerprint density at radius 3 is 2.40 bits per heavy atom. The number of amides is 2. The Labute approximate surface area is 147 Å². The van der Waals surface area contributed by atoms with Crippen molar-refractivity contribution in [3.63, 3.8) is 0 Å². The van der Waals surface area contributed by atoms with E-state index in [9.17, 15) is 9.59 Å². The molecule has 0 radical (unpaired) electrons. The number of carbonyl (C=O) groups is 2. The lowest BCUT2D eigenvalue weighted by Crippen LogP contribution is -2.51. The van der Waals surface area contributed by atoms with E-state index in [0.717, 1.165) is 6.42 Å². The van der Waals surface area contributed by atoms with Crippen LogP contribution in [-0.4, -0.2) is 47.8 Å². The van der Waals surface area contributed by atoms with Crippen molar-refractivity contribution >= 4 is 11.8 Å². The third kappa shape index (κ3) is 3.06. The Bertz CT molecular complexity index is 776. The Morgan fingerprint density at radius 2 is 1.72 bits per heavy atom. The minimum absolute atomic E-state index is 0.0960. The highest BCUT2D eigenvalue weighted by molar-refractivity contribution is 5.91. The van der Waals surface area contributed by atoms with Crippen LogP contribution >= 0.6 is 0 Å². The van der Waals surface area contributed by atoms with E-state index >= 15 is 0 Å². The number of carbonyl (C=O) groups excluding carboxylic acids is 2. The normalized spacial score (nSPS) is 22.8. The largest absolute Gasteiger partial charge is 0.459 e. The smallest absolute Gasteiger partial charge is 0.289 e. The monoisotopic (exact) mass is 338 g/mol. The molecule has 1 saturated heterocycles. The second-order valence-corrected chi connectivity index (χ2v) is 6.90. The van der Waals surface area contributed by atoms with Crippen molar-refractivity contribution in [3.8, 4) is 0 Å². The van der Waals surface area contributed by atoms with Crippen LogP contribution in [0.5, 0.6) is 0 Å². The maximum absolute atomic E-state index is 12.8. The van der Waals surface area contributed by atoms with Gasteiger partial charge in [-0.1, -0.05) is 24.3 Å². The van der Waals surface area contributed by atoms with Crippen LogP contribution in [-0.2, 0) is 4.79 Å². The molecule has 2 aliphatic rings. The summed E-state index contributed by atoms with van der Waals surface area (Å²) in [6, 6.07) is 11.7. The Kier molecular flexibility index (Phi) is 4.07. The molecule has 0 bridgehead atoms. The molecule has 2 amide bonds. The molecule has 25 heavy (non-hydrogen) atoms. The third-order valence-electron chi connectivity index (χ3n) is 5.31. The maximum atomic E-state index is 12.8. The fourth-order valence-corrected chi connectivity index (χ4v) is 3.73. The van der Waals surface area contributed by atoms with Crippen LogP contribution in [0.3, 0.4) is 0 Å². The van der Waals surface area contributed by atoms with Gasteiger partial charge in [-0.15, -0.1) is 0 Å². The predicted octanol–water partition coefficient (Wildman–Crippen LogP) is 2.68. The molecule has 1 aliphatic heterocycles. The summed E-state index contributed by atoms with van der Waals surface area (Å²) in [6.45, 7) is 4.43. The van der Waals surface area contributed by atoms with Gasteiger partial charge in [-0.05, 0) is 42.5 Å². The number of benzene rings is 1. The number of piperazine rings is 1. The number of hydrogen-bond donors (Lipinski definition) is 0. The molecule has 1 saturated carbocycles. The standard InChI is InChI=1S/C20H22N2O3/c1-14-5-2-3-6-15(14)16-13-17(16)19(23)21-8-10-22(11-9-21)20(24)18-7-4-12-25-18/h2-7,12,16-17H,8-11,13H2,1H3/t16-,17-/m0/s1. The van der Waals surface area contributed by atoms with Crippen molar-refractivity contribution in [1.82, 2.24) is 9.80 Å². The van der Waals surface area contributed by atoms with Crippen molar-refractivity contribution in [2.75, 3.05) is 26.2 Å². The first kappa shape index (κ1) is 15.9. The van der Waals surface area contributed by atoms with Crippen molar-refractivity contribution in [2.45, 2.75) is 19.3 Å². The van der Waals surface area contributed by atoms with E-state index in [1.165, 1.54) is 17.4 Å². The van der Waals surface area contributed by atoms with Crippen LogP contribution in [0, 0.1) is 12.8 Å². The fourth-order valence-electron chi connectivity index (χ4n) is 3.73. The molecule has 5 nitrogen and oxygen atoms in total. The summed E-state index contributed by atoms with van der Waals surface area (Å²) < 4.78 is 5.17. The van der Waals surface area contributed by atoms with Crippen LogP contribution in [0.15, 0.2) is 47.1 Å². The van der Waals surface area contributed by atoms with Gasteiger partial charge in [0.05, 0.1) is 6.26 Å². The molecule has 5 heteroatoms. The third-order valence-corrected chi connectivity index (χ3v) is 5.31. The van der Waals surface area contributed by atoms with Gasteiger partial charge >= 0.3 is 0 Å². The lowest BCUT2D eigenvalue weighted by atomic mass is 10.0. The zero-order valence-corrected chi connectivity index (χ0v) is 14.4. The Morgan fingerprint density at radius 1 is 1.00 bits per heavy atom. The number of nitrogens with zero attached hydrogens (tertiary/aromatic N) is 2. The fraction of sp³-hybridized carbons (Fsp3) is 0.400. The van der Waals surface area contributed by atoms with Gasteiger partial charge in [0.2, 0.25) is 5.91 Å². The zero-order chi connectivity index (χ0) is 17.4. The lowest BCUT2D eigenvalue weighted by Gasteiger charge is -2.34. The van der Waals surface area contributed by atoms with Crippen molar-refractivity contribution in [1.29, 1.82) is 0 Å². The summed E-state index contributed by atoms with van der Waals surface area (Å²) in [5.41, 5.74) is 2.56. The second-order valence-electron chi connectivity index (χ2n) is 6.90. The van der Waals surface area contributed by atoms with Gasteiger partial charge in [0.1, 0.15) is 0 Å². The number of aryl methyl sites for hydroxylation is 1. The molecule has 2 fully saturated rings. The molecule has 130 valence electrons. The Hall–Kier alpha value is -2.56. The molecule has 1 aromatic heterocycles. The first-order valence-corrected chi connectivity index (χ1v) is 8.82. The molecule has 2 atom stereocenters. The van der Waals surface area contributed by atoms with Gasteiger partial charge in [-0.3, -0.25) is 9.59 Å². The van der Waals surface area contributed by atoms with Gasteiger partial charge < -0.3 is 14.2 Å². The molecular formula is C20H22N2O3. The van der Waals surface area contributed by atoms with Crippen LogP contribution in [0.2, 0.25) is 0 Å². The molecule has 0 N–H and O–H groups in total. The average Bonchev–Trinajstić information content (AvgIpc) is 3.24. The minimum atomic E-state index is -0.0960. The van der Waals surface area contributed by atoms with Crippen molar-refractivity contribution < 1.29 is 14.0 Å². The average molecular weight is 338 g/mol. The van der Waals surface area contributed by atoms with E-state index in [4.69, 9.17) is 4.42 Å². The molecule has 2 aromatic rings. The molecule has 4 rings (SSSR count). The number of hydrogen-bond acceptors (Lipinski definition) is 3. The van der Waals surface area contributed by atoms with Crippen molar-refractivity contribution in [3.05, 3.63) is 59.5 Å². The van der Waals surface area contributed by atoms with E-state index in [1.54, 1.807) is 17.0 Å². The molecule has 0 unspecified atom stereocenters. The summed E-state index contributed by atoms with van der Waals surface area (Å²) in [6.07, 6.45) is 2.45. The van der Waals surface area contributed by atoms with Gasteiger partial charge in [0, 0.05) is 32.1 Å². The summed E-state index contributed by atoms with van der Waals surface area (Å²) in [5, 5.41) is 0. The quantitative estimate of drug-likeness (QED) is 0.865. The van der Waals surface area contributed by atoms with E-state index < -0.39 is 0 Å². The van der Waals surface area contributed by atoms with Crippen molar-refractivity contribution in [2.24, 2.45) is 5.92 Å². The van der Waals surface area contributed by atoms with Crippen LogP contribution in [0.1, 0.15) is 34.0 Å². The summed E-state index contributed by atoms with van der Waals surface area (Å²) >= 11 is 0. The topological polar surface area (TPSA) is 53.8 Å². The minimum Gasteiger partial charge on any atom is -0.459 e. The van der Waals surface area contributed by atoms with Gasteiger partial charge in [0.15, 0.2) is 5.76 Å². The highest BCUT2D eigenvalue weighted by Crippen LogP contribution is 2.49. The molecule has 1 aromatic carbocycles. The van der Waals surface area contributed by atoms with Crippen LogP contribution < -0.4 is 0 Å². The van der Waals surface area contributed by atoms with Gasteiger partial charge in [-0.2, -0.15) is 0 Å². The molecule has 1 aliphatic carbocycles. The zero-order valence-electron chi connectivity index (χ0n) is 14.4. The second kappa shape index (κ2) is 6.39. The molecule has 0 spiro atoms. The van der Waals surface area contributed by atoms with E-state index in [0.29, 0.717) is 37.9 Å². The Balaban J connectivity index is 1.33. The predicted molar refractivity (Wildman–Crippen MR) is 93.2 cm³/mol. The lowest BCUT2D eigenvalue weighted by molar-refractivity contribution is -0.134. The van der Waals surface area contributed by atoms with Gasteiger partial charge in [0.25, 0.3) is 5.91 Å². The summed E-state index contributed by atoms with van der Waals surface area (Å²) in [7, 11) is 0. The molecule has 2 heterocycles. The molecular weight excluding hydrogens is 316 g/mol. The van der Waals surface area contributed by atoms with Crippen LogP contribution in [0.4, 0.5) is 0 Å². The number of furan rings is 1. The van der Waals surface area contributed by atoms with E-state index in [2.05, 4.69) is 19.1 Å². The maximum Gasteiger partial charge on any atom is 0.289 e. The SMILES string of the molecule is Cc1ccccc1[C@@H]1C[C@@H]1C(=O)N1CCN(C(=O)c2ccco2)CC1. The number of rotatable bonds is 3. The highest BCUT2D eigenvalue weighted by atomic mass is 16.3. The van der Waals surface area contributed by atoms with E-state index in [-0.39, 0.29) is 17.7 Å². The van der Waals surface area contributed by atoms with Gasteiger partial charge in [-0.25, -0.2) is 0 Å². The van der Waals surface area contributed by atoms with Crippen LogP contribution in [0.25, 0.3) is 0 Å². The summed E-state index contributed by atoms with van der Waals surface area (Å²) in [5.74, 6) is 0.964. The summed E-state index contributed by atoms with van der Waals surface area (Å²) in [4.78, 5) is 28.7. The first-order valence-electron chi connectivity index (χ1n) is 8.82. The van der Waals surface area contributed by atoms with E-state index in [1.807, 2.05) is 17.0 Å². The first-order chi connectivity index (χ1) is 12.1.